The van der Waals surface area contributed by atoms with Crippen molar-refractivity contribution in [3.05, 3.63) is 0 Å². The average Bonchev–Trinajstić information content (AvgIpc) is 2.14. The molecule has 1 aliphatic heterocycles. The molecule has 0 aliphatic carbocycles. The Labute approximate surface area is 72.7 Å². The Kier molecular flexibility index (Phi) is 4.19. The zero-order chi connectivity index (χ0) is 8.65. The van der Waals surface area contributed by atoms with Crippen LogP contribution in [0.15, 0.2) is 10.1 Å². The van der Waals surface area contributed by atoms with Crippen LogP contribution < -0.4 is 5.32 Å². The second kappa shape index (κ2) is 5.57. The first-order chi connectivity index (χ1) is 5.93. The Balaban J connectivity index is 2.13. The molecule has 0 radical (unpaired) electrons. The summed E-state index contributed by atoms with van der Waals surface area (Å²) in [6, 6.07) is 0.385. The molecule has 1 rings (SSSR count). The molecule has 4 nitrogen and oxygen atoms in total. The highest BCUT2D eigenvalue weighted by atomic mass is 16.6. The third-order valence-electron chi connectivity index (χ3n) is 1.65. The number of oxime groups is 1. The molecule has 4 heteroatoms. The highest BCUT2D eigenvalue weighted by Gasteiger charge is 2.06. The van der Waals surface area contributed by atoms with E-state index in [-0.39, 0.29) is 0 Å². The summed E-state index contributed by atoms with van der Waals surface area (Å²) < 4.78 is 0. The van der Waals surface area contributed by atoms with Crippen molar-refractivity contribution in [2.24, 2.45) is 10.1 Å². The van der Waals surface area contributed by atoms with Gasteiger partial charge in [-0.2, -0.15) is 0 Å². The van der Waals surface area contributed by atoms with Crippen LogP contribution in [0, 0.1) is 0 Å². The fraction of sp³-hybridized carbons (Fsp3) is 0.750. The lowest BCUT2D eigenvalue weighted by molar-refractivity contribution is 0.159. The quantitative estimate of drug-likeness (QED) is 0.499. The normalized spacial score (nSPS) is 22.6. The lowest BCUT2D eigenvalue weighted by Crippen LogP contribution is -2.25. The summed E-state index contributed by atoms with van der Waals surface area (Å²) in [4.78, 5) is 9.07. The van der Waals surface area contributed by atoms with Gasteiger partial charge in [0.15, 0.2) is 0 Å². The second-order valence-electron chi connectivity index (χ2n) is 2.62. The van der Waals surface area contributed by atoms with Gasteiger partial charge in [0.25, 0.3) is 0 Å². The molecule has 0 spiro atoms. The fourth-order valence-corrected chi connectivity index (χ4v) is 1.02. The van der Waals surface area contributed by atoms with Crippen LogP contribution in [0.5, 0.6) is 0 Å². The molecule has 0 aromatic carbocycles. The first-order valence-electron chi connectivity index (χ1n) is 4.32. The van der Waals surface area contributed by atoms with Gasteiger partial charge < -0.3 is 10.2 Å². The molecular formula is C8H15N3O. The Bertz CT molecular complexity index is 168. The Morgan fingerprint density at radius 3 is 3.42 bits per heavy atom. The maximum absolute atomic E-state index is 4.83. The summed E-state index contributed by atoms with van der Waals surface area (Å²) in [6.45, 7) is 3.56. The van der Waals surface area contributed by atoms with Crippen molar-refractivity contribution < 1.29 is 4.84 Å². The van der Waals surface area contributed by atoms with Gasteiger partial charge in [-0.3, -0.25) is 4.99 Å². The van der Waals surface area contributed by atoms with Crippen molar-refractivity contribution in [2.75, 3.05) is 13.2 Å². The maximum Gasteiger partial charge on any atom is 0.114 e. The van der Waals surface area contributed by atoms with Crippen LogP contribution in [0.4, 0.5) is 0 Å². The van der Waals surface area contributed by atoms with E-state index in [0.717, 1.165) is 19.4 Å². The largest absolute Gasteiger partial charge is 0.396 e. The predicted molar refractivity (Wildman–Crippen MR) is 49.6 cm³/mol. The topological polar surface area (TPSA) is 46.0 Å². The van der Waals surface area contributed by atoms with Crippen LogP contribution in [0.1, 0.15) is 19.8 Å². The van der Waals surface area contributed by atoms with Gasteiger partial charge in [0.1, 0.15) is 6.61 Å². The minimum atomic E-state index is 0.385. The molecule has 68 valence electrons. The van der Waals surface area contributed by atoms with Crippen molar-refractivity contribution in [1.82, 2.24) is 5.32 Å². The molecule has 0 saturated carbocycles. The maximum atomic E-state index is 4.83. The van der Waals surface area contributed by atoms with E-state index in [1.54, 1.807) is 12.6 Å². The number of nitrogens with one attached hydrogen (secondary N) is 1. The smallest absolute Gasteiger partial charge is 0.114 e. The summed E-state index contributed by atoms with van der Waals surface area (Å²) in [5.41, 5.74) is 0. The minimum absolute atomic E-state index is 0.385. The van der Waals surface area contributed by atoms with Gasteiger partial charge in [0.05, 0.1) is 12.4 Å². The van der Waals surface area contributed by atoms with E-state index in [1.165, 1.54) is 0 Å². The molecule has 0 bridgehead atoms. The van der Waals surface area contributed by atoms with E-state index in [2.05, 4.69) is 15.5 Å². The van der Waals surface area contributed by atoms with Crippen molar-refractivity contribution >= 4 is 12.6 Å². The number of aliphatic imine (C=N–C) groups is 1. The van der Waals surface area contributed by atoms with Gasteiger partial charge in [0, 0.05) is 19.2 Å². The van der Waals surface area contributed by atoms with E-state index in [9.17, 15) is 0 Å². The van der Waals surface area contributed by atoms with Crippen LogP contribution in [0.2, 0.25) is 0 Å². The number of hydrogen-bond acceptors (Lipinski definition) is 4. The van der Waals surface area contributed by atoms with Gasteiger partial charge in [-0.05, 0) is 13.3 Å². The second-order valence-corrected chi connectivity index (χ2v) is 2.62. The Morgan fingerprint density at radius 2 is 2.75 bits per heavy atom. The molecule has 12 heavy (non-hydrogen) atoms. The lowest BCUT2D eigenvalue weighted by Gasteiger charge is -2.13. The van der Waals surface area contributed by atoms with Gasteiger partial charge in [-0.1, -0.05) is 5.16 Å². The molecule has 0 fully saturated rings. The SMILES string of the molecule is CCO/N=C\CC1CCNC=N1. The average molecular weight is 169 g/mol. The summed E-state index contributed by atoms with van der Waals surface area (Å²) in [5.74, 6) is 0. The predicted octanol–water partition coefficient (Wildman–Crippen LogP) is 0.789. The zero-order valence-electron chi connectivity index (χ0n) is 7.36. The van der Waals surface area contributed by atoms with E-state index in [4.69, 9.17) is 4.84 Å². The molecule has 1 unspecified atom stereocenters. The number of nitrogens with zero attached hydrogens (tertiary/aromatic N) is 2. The number of hydrogen-bond donors (Lipinski definition) is 1. The number of rotatable bonds is 4. The molecule has 1 atom stereocenters. The molecule has 1 heterocycles. The van der Waals surface area contributed by atoms with Crippen molar-refractivity contribution in [3.63, 3.8) is 0 Å². The van der Waals surface area contributed by atoms with E-state index in [0.29, 0.717) is 12.6 Å². The molecule has 0 saturated heterocycles. The third-order valence-corrected chi connectivity index (χ3v) is 1.65. The van der Waals surface area contributed by atoms with Crippen molar-refractivity contribution in [3.8, 4) is 0 Å². The van der Waals surface area contributed by atoms with Crippen LogP contribution in [-0.2, 0) is 4.84 Å². The van der Waals surface area contributed by atoms with Crippen molar-refractivity contribution in [1.29, 1.82) is 0 Å². The minimum Gasteiger partial charge on any atom is -0.396 e. The van der Waals surface area contributed by atoms with Gasteiger partial charge in [-0.25, -0.2) is 0 Å². The van der Waals surface area contributed by atoms with Gasteiger partial charge in [-0.15, -0.1) is 0 Å². The van der Waals surface area contributed by atoms with Crippen molar-refractivity contribution in [2.45, 2.75) is 25.8 Å². The first-order valence-corrected chi connectivity index (χ1v) is 4.32. The molecule has 0 aromatic rings. The Morgan fingerprint density at radius 1 is 1.83 bits per heavy atom. The summed E-state index contributed by atoms with van der Waals surface area (Å²) >= 11 is 0. The molecule has 1 N–H and O–H groups in total. The highest BCUT2D eigenvalue weighted by molar-refractivity contribution is 5.60. The van der Waals surface area contributed by atoms with Crippen LogP contribution in [0.25, 0.3) is 0 Å². The van der Waals surface area contributed by atoms with Gasteiger partial charge >= 0.3 is 0 Å². The van der Waals surface area contributed by atoms with Gasteiger partial charge in [0.2, 0.25) is 0 Å². The lowest BCUT2D eigenvalue weighted by atomic mass is 10.1. The van der Waals surface area contributed by atoms with Crippen LogP contribution in [0.3, 0.4) is 0 Å². The summed E-state index contributed by atoms with van der Waals surface area (Å²) in [5, 5.41) is 6.81. The molecular weight excluding hydrogens is 154 g/mol. The van der Waals surface area contributed by atoms with E-state index < -0.39 is 0 Å². The molecule has 0 amide bonds. The fourth-order valence-electron chi connectivity index (χ4n) is 1.02. The third kappa shape index (κ3) is 3.37. The van der Waals surface area contributed by atoms with E-state index in [1.807, 2.05) is 6.92 Å². The highest BCUT2D eigenvalue weighted by Crippen LogP contribution is 2.02. The summed E-state index contributed by atoms with van der Waals surface area (Å²) in [6.07, 6.45) is 5.51. The summed E-state index contributed by atoms with van der Waals surface area (Å²) in [7, 11) is 0. The van der Waals surface area contributed by atoms with E-state index >= 15 is 0 Å². The standard InChI is InChI=1S/C8H15N3O/c1-2-12-11-6-4-8-3-5-9-7-10-8/h6-8H,2-5H2,1H3,(H,9,10)/b11-6-. The molecule has 0 aromatic heterocycles. The first kappa shape index (κ1) is 9.03. The monoisotopic (exact) mass is 169 g/mol. The zero-order valence-corrected chi connectivity index (χ0v) is 7.36. The van der Waals surface area contributed by atoms with Crippen LogP contribution >= 0.6 is 0 Å². The molecule has 1 aliphatic rings. The van der Waals surface area contributed by atoms with Crippen LogP contribution in [-0.4, -0.2) is 31.7 Å². The Hall–Kier alpha value is -1.06.